The minimum absolute atomic E-state index is 0.585. The van der Waals surface area contributed by atoms with Crippen LogP contribution in [0.3, 0.4) is 0 Å². The van der Waals surface area contributed by atoms with Gasteiger partial charge in [-0.05, 0) is 55.8 Å². The van der Waals surface area contributed by atoms with Crippen LogP contribution >= 0.6 is 0 Å². The van der Waals surface area contributed by atoms with Crippen molar-refractivity contribution in [3.05, 3.63) is 0 Å². The monoisotopic (exact) mass is 350 g/mol. The van der Waals surface area contributed by atoms with Gasteiger partial charge in [0.15, 0.2) is 0 Å². The van der Waals surface area contributed by atoms with Gasteiger partial charge in [-0.1, -0.05) is 66.2 Å². The topological polar surface area (TPSA) is 15.3 Å². The van der Waals surface area contributed by atoms with E-state index in [1.54, 1.807) is 0 Å². The zero-order valence-electron chi connectivity index (χ0n) is 17.9. The fourth-order valence-corrected chi connectivity index (χ4v) is 5.51. The summed E-state index contributed by atoms with van der Waals surface area (Å²) in [6.45, 7) is 15.8. The molecule has 0 spiro atoms. The first-order valence-electron chi connectivity index (χ1n) is 11.5. The van der Waals surface area contributed by atoms with E-state index in [0.717, 1.165) is 29.6 Å². The SMILES string of the molecule is CCCC1CCC([C@@H](CC(C)[C@H](C)CCC)CN2CCN[C@H]2C)CC1. The van der Waals surface area contributed by atoms with Crippen molar-refractivity contribution in [3.8, 4) is 0 Å². The predicted octanol–water partition coefficient (Wildman–Crippen LogP) is 5.92. The Morgan fingerprint density at radius 1 is 1.00 bits per heavy atom. The van der Waals surface area contributed by atoms with Crippen molar-refractivity contribution in [2.75, 3.05) is 19.6 Å². The average molecular weight is 351 g/mol. The lowest BCUT2D eigenvalue weighted by Crippen LogP contribution is -2.39. The van der Waals surface area contributed by atoms with E-state index in [2.05, 4.69) is 44.8 Å². The molecule has 25 heavy (non-hydrogen) atoms. The zero-order chi connectivity index (χ0) is 18.2. The maximum atomic E-state index is 3.62. The van der Waals surface area contributed by atoms with Crippen LogP contribution < -0.4 is 5.32 Å². The van der Waals surface area contributed by atoms with Crippen molar-refractivity contribution < 1.29 is 0 Å². The van der Waals surface area contributed by atoms with Gasteiger partial charge in [0.2, 0.25) is 0 Å². The highest BCUT2D eigenvalue weighted by Gasteiger charge is 2.32. The van der Waals surface area contributed by atoms with Crippen LogP contribution in [0.5, 0.6) is 0 Å². The first kappa shape index (κ1) is 21.2. The second-order valence-corrected chi connectivity index (χ2v) is 9.43. The van der Waals surface area contributed by atoms with Crippen LogP contribution in [0.4, 0.5) is 0 Å². The second-order valence-electron chi connectivity index (χ2n) is 9.43. The molecule has 1 saturated carbocycles. The maximum absolute atomic E-state index is 3.62. The summed E-state index contributed by atoms with van der Waals surface area (Å²) < 4.78 is 0. The van der Waals surface area contributed by atoms with E-state index in [9.17, 15) is 0 Å². The lowest BCUT2D eigenvalue weighted by molar-refractivity contribution is 0.111. The lowest BCUT2D eigenvalue weighted by Gasteiger charge is -2.38. The van der Waals surface area contributed by atoms with Crippen molar-refractivity contribution in [3.63, 3.8) is 0 Å². The van der Waals surface area contributed by atoms with Gasteiger partial charge in [-0.3, -0.25) is 4.90 Å². The van der Waals surface area contributed by atoms with Crippen LogP contribution in [0.25, 0.3) is 0 Å². The summed E-state index contributed by atoms with van der Waals surface area (Å²) in [5.74, 6) is 4.70. The molecule has 1 aliphatic carbocycles. The van der Waals surface area contributed by atoms with E-state index in [1.807, 2.05) is 0 Å². The van der Waals surface area contributed by atoms with Gasteiger partial charge in [-0.15, -0.1) is 0 Å². The van der Waals surface area contributed by atoms with Crippen molar-refractivity contribution in [2.45, 2.75) is 98.6 Å². The van der Waals surface area contributed by atoms with Crippen LogP contribution in [-0.2, 0) is 0 Å². The number of nitrogens with one attached hydrogen (secondary N) is 1. The van der Waals surface area contributed by atoms with Crippen molar-refractivity contribution in [1.29, 1.82) is 0 Å². The fraction of sp³-hybridized carbons (Fsp3) is 1.00. The molecule has 2 aliphatic rings. The Morgan fingerprint density at radius 3 is 2.28 bits per heavy atom. The van der Waals surface area contributed by atoms with E-state index < -0.39 is 0 Å². The summed E-state index contributed by atoms with van der Waals surface area (Å²) >= 11 is 0. The largest absolute Gasteiger partial charge is 0.301 e. The molecule has 2 heteroatoms. The molecule has 2 fully saturated rings. The predicted molar refractivity (Wildman–Crippen MR) is 111 cm³/mol. The van der Waals surface area contributed by atoms with Gasteiger partial charge in [0.25, 0.3) is 0 Å². The normalized spacial score (nSPS) is 31.8. The first-order chi connectivity index (χ1) is 12.0. The highest BCUT2D eigenvalue weighted by Crippen LogP contribution is 2.39. The van der Waals surface area contributed by atoms with Crippen LogP contribution in [-0.4, -0.2) is 30.7 Å². The number of rotatable bonds is 10. The number of hydrogen-bond acceptors (Lipinski definition) is 2. The molecule has 2 nitrogen and oxygen atoms in total. The average Bonchev–Trinajstić information content (AvgIpc) is 3.00. The van der Waals surface area contributed by atoms with Gasteiger partial charge in [-0.25, -0.2) is 0 Å². The highest BCUT2D eigenvalue weighted by atomic mass is 15.3. The third-order valence-electron chi connectivity index (χ3n) is 7.50. The van der Waals surface area contributed by atoms with E-state index in [4.69, 9.17) is 0 Å². The molecule has 2 rings (SSSR count). The molecule has 0 aromatic carbocycles. The molecule has 1 unspecified atom stereocenters. The first-order valence-corrected chi connectivity index (χ1v) is 11.5. The molecule has 0 bridgehead atoms. The molecule has 0 aromatic rings. The Labute approximate surface area is 158 Å². The molecule has 1 aliphatic heterocycles. The molecule has 1 N–H and O–H groups in total. The van der Waals surface area contributed by atoms with E-state index in [-0.39, 0.29) is 0 Å². The Bertz CT molecular complexity index is 348. The quantitative estimate of drug-likeness (QED) is 0.526. The second kappa shape index (κ2) is 10.9. The van der Waals surface area contributed by atoms with E-state index >= 15 is 0 Å². The summed E-state index contributed by atoms with van der Waals surface area (Å²) in [5.41, 5.74) is 0. The molecule has 1 saturated heterocycles. The minimum atomic E-state index is 0.585. The van der Waals surface area contributed by atoms with Crippen LogP contribution in [0.15, 0.2) is 0 Å². The molecule has 0 aromatic heterocycles. The van der Waals surface area contributed by atoms with Gasteiger partial charge in [0, 0.05) is 19.6 Å². The molecule has 0 amide bonds. The minimum Gasteiger partial charge on any atom is -0.301 e. The highest BCUT2D eigenvalue weighted by molar-refractivity contribution is 4.84. The Morgan fingerprint density at radius 2 is 1.72 bits per heavy atom. The Kier molecular flexibility index (Phi) is 9.27. The summed E-state index contributed by atoms with van der Waals surface area (Å²) in [7, 11) is 0. The number of hydrogen-bond donors (Lipinski definition) is 1. The molecule has 4 atom stereocenters. The van der Waals surface area contributed by atoms with Gasteiger partial charge in [0.1, 0.15) is 0 Å². The third-order valence-corrected chi connectivity index (χ3v) is 7.50. The molecule has 0 radical (unpaired) electrons. The van der Waals surface area contributed by atoms with Gasteiger partial charge in [-0.2, -0.15) is 0 Å². The summed E-state index contributed by atoms with van der Waals surface area (Å²) in [6.07, 6.45) is 13.6. The Balaban J connectivity index is 1.94. The van der Waals surface area contributed by atoms with E-state index in [0.29, 0.717) is 6.17 Å². The van der Waals surface area contributed by atoms with E-state index in [1.165, 1.54) is 77.4 Å². The van der Waals surface area contributed by atoms with Crippen molar-refractivity contribution in [2.24, 2.45) is 29.6 Å². The zero-order valence-corrected chi connectivity index (χ0v) is 17.9. The summed E-state index contributed by atoms with van der Waals surface area (Å²) in [6, 6.07) is 0. The van der Waals surface area contributed by atoms with Crippen LogP contribution in [0.1, 0.15) is 92.4 Å². The van der Waals surface area contributed by atoms with Crippen molar-refractivity contribution >= 4 is 0 Å². The smallest absolute Gasteiger partial charge is 0.0569 e. The van der Waals surface area contributed by atoms with Crippen LogP contribution in [0.2, 0.25) is 0 Å². The molecular formula is C23H46N2. The summed E-state index contributed by atoms with van der Waals surface area (Å²) in [5, 5.41) is 3.62. The number of nitrogens with zero attached hydrogens (tertiary/aromatic N) is 1. The van der Waals surface area contributed by atoms with Crippen LogP contribution in [0, 0.1) is 29.6 Å². The standard InChI is InChI=1S/C23H46N2/c1-6-8-18(3)19(4)16-23(17-25-15-14-24-20(25)5)22-12-10-21(9-7-2)11-13-22/h18-24H,6-17H2,1-5H3/t18-,19?,20-,21?,22?,23+/m1/s1. The Hall–Kier alpha value is -0.0800. The third kappa shape index (κ3) is 6.54. The van der Waals surface area contributed by atoms with Gasteiger partial charge >= 0.3 is 0 Å². The maximum Gasteiger partial charge on any atom is 0.0569 e. The molecular weight excluding hydrogens is 304 g/mol. The lowest BCUT2D eigenvalue weighted by atomic mass is 9.71. The van der Waals surface area contributed by atoms with Gasteiger partial charge < -0.3 is 5.32 Å². The molecule has 1 heterocycles. The molecule has 148 valence electrons. The van der Waals surface area contributed by atoms with Crippen molar-refractivity contribution in [1.82, 2.24) is 10.2 Å². The van der Waals surface area contributed by atoms with Gasteiger partial charge in [0.05, 0.1) is 6.17 Å². The fourth-order valence-electron chi connectivity index (χ4n) is 5.51. The summed E-state index contributed by atoms with van der Waals surface area (Å²) in [4.78, 5) is 2.72.